The van der Waals surface area contributed by atoms with E-state index < -0.39 is 0 Å². The fourth-order valence-corrected chi connectivity index (χ4v) is 2.31. The molecule has 0 bridgehead atoms. The zero-order valence-corrected chi connectivity index (χ0v) is 11.2. The molecule has 1 saturated carbocycles. The van der Waals surface area contributed by atoms with E-state index in [-0.39, 0.29) is 0 Å². The third kappa shape index (κ3) is 2.83. The summed E-state index contributed by atoms with van der Waals surface area (Å²) in [5, 5.41) is 0. The molecule has 0 aliphatic heterocycles. The lowest BCUT2D eigenvalue weighted by molar-refractivity contribution is 0.746. The van der Waals surface area contributed by atoms with Crippen LogP contribution in [0.1, 0.15) is 29.7 Å². The Kier molecular flexibility index (Phi) is 3.88. The molecule has 1 aliphatic carbocycles. The Morgan fingerprint density at radius 3 is 2.78 bits per heavy atom. The summed E-state index contributed by atoms with van der Waals surface area (Å²) in [4.78, 5) is 6.86. The standard InChI is InChI=1S/C15H21N3/c1-4-7-18(10-13-5-6-13)15-14(9-16)11(2)8-12(3)17-15/h1,8,13H,5-7,9-10,16H2,2-3H3. The van der Waals surface area contributed by atoms with Crippen LogP contribution in [0.15, 0.2) is 6.07 Å². The molecule has 0 unspecified atom stereocenters. The van der Waals surface area contributed by atoms with Crippen LogP contribution in [0.3, 0.4) is 0 Å². The highest BCUT2D eigenvalue weighted by Gasteiger charge is 2.26. The molecule has 3 heteroatoms. The van der Waals surface area contributed by atoms with E-state index in [1.165, 1.54) is 18.4 Å². The molecule has 96 valence electrons. The van der Waals surface area contributed by atoms with Crippen LogP contribution >= 0.6 is 0 Å². The summed E-state index contributed by atoms with van der Waals surface area (Å²) in [6.45, 7) is 6.24. The summed E-state index contributed by atoms with van der Waals surface area (Å²) in [7, 11) is 0. The van der Waals surface area contributed by atoms with Gasteiger partial charge in [-0.2, -0.15) is 0 Å². The second kappa shape index (κ2) is 5.41. The second-order valence-electron chi connectivity index (χ2n) is 5.11. The Bertz CT molecular complexity index is 469. The largest absolute Gasteiger partial charge is 0.345 e. The van der Waals surface area contributed by atoms with Crippen LogP contribution in [0.5, 0.6) is 0 Å². The molecular formula is C15H21N3. The molecule has 3 nitrogen and oxygen atoms in total. The number of anilines is 1. The zero-order valence-electron chi connectivity index (χ0n) is 11.2. The summed E-state index contributed by atoms with van der Waals surface area (Å²) in [6, 6.07) is 2.08. The highest BCUT2D eigenvalue weighted by Crippen LogP contribution is 2.32. The van der Waals surface area contributed by atoms with Crippen molar-refractivity contribution in [3.8, 4) is 12.3 Å². The third-order valence-electron chi connectivity index (χ3n) is 3.41. The third-order valence-corrected chi connectivity index (χ3v) is 3.41. The van der Waals surface area contributed by atoms with E-state index in [0.717, 1.165) is 29.5 Å². The van der Waals surface area contributed by atoms with Gasteiger partial charge in [-0.15, -0.1) is 6.42 Å². The molecule has 0 spiro atoms. The van der Waals surface area contributed by atoms with Gasteiger partial charge >= 0.3 is 0 Å². The van der Waals surface area contributed by atoms with Gasteiger partial charge in [0.05, 0.1) is 6.54 Å². The quantitative estimate of drug-likeness (QED) is 0.804. The first-order valence-corrected chi connectivity index (χ1v) is 6.51. The van der Waals surface area contributed by atoms with Crippen LogP contribution in [0.4, 0.5) is 5.82 Å². The molecule has 0 amide bonds. The Labute approximate surface area is 109 Å². The van der Waals surface area contributed by atoms with Crippen molar-refractivity contribution in [2.75, 3.05) is 18.0 Å². The smallest absolute Gasteiger partial charge is 0.134 e. The first-order valence-electron chi connectivity index (χ1n) is 6.51. The van der Waals surface area contributed by atoms with Gasteiger partial charge in [0.25, 0.3) is 0 Å². The highest BCUT2D eigenvalue weighted by atomic mass is 15.2. The molecule has 1 aromatic heterocycles. The Morgan fingerprint density at radius 1 is 1.50 bits per heavy atom. The number of nitrogens with two attached hydrogens (primary N) is 1. The molecular weight excluding hydrogens is 222 g/mol. The fraction of sp³-hybridized carbons (Fsp3) is 0.533. The van der Waals surface area contributed by atoms with Crippen LogP contribution in [0.2, 0.25) is 0 Å². The van der Waals surface area contributed by atoms with Crippen molar-refractivity contribution in [2.45, 2.75) is 33.2 Å². The minimum absolute atomic E-state index is 0.514. The van der Waals surface area contributed by atoms with E-state index in [4.69, 9.17) is 12.2 Å². The van der Waals surface area contributed by atoms with E-state index in [0.29, 0.717) is 13.1 Å². The minimum atomic E-state index is 0.514. The van der Waals surface area contributed by atoms with Gasteiger partial charge < -0.3 is 10.6 Å². The van der Waals surface area contributed by atoms with Crippen molar-refractivity contribution >= 4 is 5.82 Å². The van der Waals surface area contributed by atoms with Gasteiger partial charge in [0.1, 0.15) is 5.82 Å². The SMILES string of the molecule is C#CCN(CC1CC1)c1nc(C)cc(C)c1CN. The first kappa shape index (κ1) is 12.9. The molecule has 1 aromatic rings. The summed E-state index contributed by atoms with van der Waals surface area (Å²) < 4.78 is 0. The molecule has 0 saturated heterocycles. The maximum Gasteiger partial charge on any atom is 0.134 e. The monoisotopic (exact) mass is 243 g/mol. The topological polar surface area (TPSA) is 42.2 Å². The summed E-state index contributed by atoms with van der Waals surface area (Å²) in [6.07, 6.45) is 8.10. The zero-order chi connectivity index (χ0) is 13.1. The van der Waals surface area contributed by atoms with Crippen LogP contribution in [0.25, 0.3) is 0 Å². The minimum Gasteiger partial charge on any atom is -0.345 e. The summed E-state index contributed by atoms with van der Waals surface area (Å²) in [5.74, 6) is 4.50. The van der Waals surface area contributed by atoms with Crippen LogP contribution in [-0.4, -0.2) is 18.1 Å². The lowest BCUT2D eigenvalue weighted by Crippen LogP contribution is -2.29. The Morgan fingerprint density at radius 2 is 2.22 bits per heavy atom. The number of hydrogen-bond donors (Lipinski definition) is 1. The molecule has 0 atom stereocenters. The van der Waals surface area contributed by atoms with Gasteiger partial charge in [-0.3, -0.25) is 0 Å². The number of nitrogens with zero attached hydrogens (tertiary/aromatic N) is 2. The second-order valence-corrected chi connectivity index (χ2v) is 5.11. The summed E-state index contributed by atoms with van der Waals surface area (Å²) in [5.41, 5.74) is 9.22. The normalized spacial score (nSPS) is 14.3. The Balaban J connectivity index is 2.35. The number of hydrogen-bond acceptors (Lipinski definition) is 3. The molecule has 1 aliphatic rings. The molecule has 0 aromatic carbocycles. The van der Waals surface area contributed by atoms with Crippen LogP contribution in [-0.2, 0) is 6.54 Å². The van der Waals surface area contributed by atoms with E-state index in [1.807, 2.05) is 6.92 Å². The predicted molar refractivity (Wildman–Crippen MR) is 75.4 cm³/mol. The van der Waals surface area contributed by atoms with Crippen LogP contribution < -0.4 is 10.6 Å². The Hall–Kier alpha value is -1.53. The van der Waals surface area contributed by atoms with E-state index >= 15 is 0 Å². The molecule has 1 fully saturated rings. The van der Waals surface area contributed by atoms with Crippen molar-refractivity contribution in [1.29, 1.82) is 0 Å². The van der Waals surface area contributed by atoms with Crippen LogP contribution in [0, 0.1) is 32.1 Å². The van der Waals surface area contributed by atoms with Crippen molar-refractivity contribution < 1.29 is 0 Å². The van der Waals surface area contributed by atoms with Crippen molar-refractivity contribution in [3.05, 3.63) is 22.9 Å². The average molecular weight is 243 g/mol. The average Bonchev–Trinajstić information content (AvgIpc) is 3.11. The van der Waals surface area contributed by atoms with E-state index in [9.17, 15) is 0 Å². The maximum atomic E-state index is 5.86. The van der Waals surface area contributed by atoms with E-state index in [1.54, 1.807) is 0 Å². The lowest BCUT2D eigenvalue weighted by atomic mass is 10.1. The lowest BCUT2D eigenvalue weighted by Gasteiger charge is -2.25. The number of rotatable bonds is 5. The van der Waals surface area contributed by atoms with Gasteiger partial charge in [0.15, 0.2) is 0 Å². The molecule has 0 radical (unpaired) electrons. The highest BCUT2D eigenvalue weighted by molar-refractivity contribution is 5.52. The molecule has 2 rings (SSSR count). The van der Waals surface area contributed by atoms with E-state index in [2.05, 4.69) is 28.8 Å². The van der Waals surface area contributed by atoms with Gasteiger partial charge in [-0.05, 0) is 44.2 Å². The van der Waals surface area contributed by atoms with Crippen molar-refractivity contribution in [3.63, 3.8) is 0 Å². The molecule has 18 heavy (non-hydrogen) atoms. The van der Waals surface area contributed by atoms with Crippen molar-refractivity contribution in [1.82, 2.24) is 4.98 Å². The van der Waals surface area contributed by atoms with Crippen molar-refractivity contribution in [2.24, 2.45) is 11.7 Å². The number of terminal acetylenes is 1. The maximum absolute atomic E-state index is 5.86. The number of aryl methyl sites for hydroxylation is 2. The fourth-order valence-electron chi connectivity index (χ4n) is 2.31. The first-order chi connectivity index (χ1) is 8.65. The molecule has 2 N–H and O–H groups in total. The number of pyridine rings is 1. The number of aromatic nitrogens is 1. The summed E-state index contributed by atoms with van der Waals surface area (Å²) >= 11 is 0. The van der Waals surface area contributed by atoms with Gasteiger partial charge in [0, 0.05) is 24.3 Å². The predicted octanol–water partition coefficient (Wildman–Crippen LogP) is 2.01. The molecule has 1 heterocycles. The van der Waals surface area contributed by atoms with Gasteiger partial charge in [-0.25, -0.2) is 4.98 Å². The van der Waals surface area contributed by atoms with Gasteiger partial charge in [-0.1, -0.05) is 5.92 Å². The van der Waals surface area contributed by atoms with Gasteiger partial charge in [0.2, 0.25) is 0 Å².